The number of nitrogens with zero attached hydrogens (tertiary/aromatic N) is 1. The molecule has 4 aromatic rings. The quantitative estimate of drug-likeness (QED) is 0.314. The molecule has 6 heteroatoms. The van der Waals surface area contributed by atoms with Gasteiger partial charge in [-0.1, -0.05) is 85.6 Å². The average Bonchev–Trinajstić information content (AvgIpc) is 3.34. The molecule has 0 unspecified atom stereocenters. The molecule has 1 heterocycles. The van der Waals surface area contributed by atoms with Crippen LogP contribution in [0.2, 0.25) is 0 Å². The third-order valence-corrected chi connectivity index (χ3v) is 6.80. The number of oxazole rings is 1. The highest BCUT2D eigenvalue weighted by Gasteiger charge is 2.43. The van der Waals surface area contributed by atoms with Gasteiger partial charge in [0, 0.05) is 17.5 Å². The van der Waals surface area contributed by atoms with Crippen molar-refractivity contribution in [1.82, 2.24) is 4.98 Å². The molecule has 0 radical (unpaired) electrons. The van der Waals surface area contributed by atoms with E-state index in [1.807, 2.05) is 72.8 Å². The highest BCUT2D eigenvalue weighted by molar-refractivity contribution is 5.76. The minimum absolute atomic E-state index is 0.269. The van der Waals surface area contributed by atoms with Crippen molar-refractivity contribution in [2.75, 3.05) is 6.61 Å². The summed E-state index contributed by atoms with van der Waals surface area (Å²) >= 11 is 0. The number of hydrogen-bond acceptors (Lipinski definition) is 5. The van der Waals surface area contributed by atoms with Crippen LogP contribution in [0, 0.1) is 0 Å². The van der Waals surface area contributed by atoms with Gasteiger partial charge in [0.05, 0.1) is 11.5 Å². The summed E-state index contributed by atoms with van der Waals surface area (Å²) in [6, 6.07) is 27.2. The van der Waals surface area contributed by atoms with Gasteiger partial charge in [0.1, 0.15) is 11.4 Å². The fourth-order valence-electron chi connectivity index (χ4n) is 5.09. The molecular weight excluding hydrogens is 454 g/mol. The Kier molecular flexibility index (Phi) is 6.87. The number of rotatable bonds is 8. The van der Waals surface area contributed by atoms with E-state index in [0.29, 0.717) is 30.2 Å². The molecular formula is C30H29NO5. The summed E-state index contributed by atoms with van der Waals surface area (Å²) in [6.07, 6.45) is 3.69. The maximum Gasteiger partial charge on any atom is 0.341 e. The maximum absolute atomic E-state index is 12.0. The maximum atomic E-state index is 12.0. The average molecular weight is 484 g/mol. The summed E-state index contributed by atoms with van der Waals surface area (Å²) in [6.45, 7) is -0.406. The number of aliphatic carboxylic acids is 1. The zero-order chi connectivity index (χ0) is 25.0. The van der Waals surface area contributed by atoms with Crippen LogP contribution in [0.5, 0.6) is 5.75 Å². The molecule has 0 saturated heterocycles. The number of benzene rings is 3. The van der Waals surface area contributed by atoms with E-state index in [1.165, 1.54) is 0 Å². The second-order valence-electron chi connectivity index (χ2n) is 9.37. The molecule has 2 atom stereocenters. The highest BCUT2D eigenvalue weighted by Crippen LogP contribution is 2.45. The van der Waals surface area contributed by atoms with Gasteiger partial charge in [-0.25, -0.2) is 9.78 Å². The molecule has 0 bridgehead atoms. The van der Waals surface area contributed by atoms with E-state index in [9.17, 15) is 9.90 Å². The molecule has 184 valence electrons. The first kappa shape index (κ1) is 23.8. The lowest BCUT2D eigenvalue weighted by atomic mass is 9.72. The number of hydrogen-bond donors (Lipinski definition) is 2. The Morgan fingerprint density at radius 2 is 1.69 bits per heavy atom. The standard InChI is InChI=1S/C30H29NO5/c32-26(33)20-35-24-15-9-10-21(18-24)19-30(34)17-8-7-16-25(30)29-31-27(22-11-3-1-4-12-22)28(36-29)23-13-5-2-6-14-23/h1-6,9-15,18,25,34H,7-8,16-17,19-20H2,(H,32,33)/t25-,30-/m1/s1. The molecule has 0 aliphatic heterocycles. The Morgan fingerprint density at radius 3 is 2.42 bits per heavy atom. The first-order chi connectivity index (χ1) is 17.5. The van der Waals surface area contributed by atoms with Crippen molar-refractivity contribution in [3.8, 4) is 28.3 Å². The van der Waals surface area contributed by atoms with Crippen LogP contribution in [0.1, 0.15) is 43.1 Å². The van der Waals surface area contributed by atoms with Crippen LogP contribution < -0.4 is 4.74 Å². The molecule has 1 aromatic heterocycles. The topological polar surface area (TPSA) is 92.8 Å². The predicted molar refractivity (Wildman–Crippen MR) is 137 cm³/mol. The number of aliphatic hydroxyl groups is 1. The zero-order valence-electron chi connectivity index (χ0n) is 20.0. The second-order valence-corrected chi connectivity index (χ2v) is 9.37. The Labute approximate surface area is 210 Å². The second kappa shape index (κ2) is 10.4. The summed E-state index contributed by atoms with van der Waals surface area (Å²) < 4.78 is 11.8. The lowest BCUT2D eigenvalue weighted by Crippen LogP contribution is -2.41. The largest absolute Gasteiger partial charge is 0.482 e. The molecule has 6 nitrogen and oxygen atoms in total. The molecule has 1 aliphatic carbocycles. The van der Waals surface area contributed by atoms with Crippen LogP contribution >= 0.6 is 0 Å². The van der Waals surface area contributed by atoms with Crippen molar-refractivity contribution in [1.29, 1.82) is 0 Å². The van der Waals surface area contributed by atoms with E-state index in [2.05, 4.69) is 0 Å². The fourth-order valence-corrected chi connectivity index (χ4v) is 5.09. The van der Waals surface area contributed by atoms with Crippen molar-refractivity contribution in [2.24, 2.45) is 0 Å². The van der Waals surface area contributed by atoms with Gasteiger partial charge >= 0.3 is 5.97 Å². The molecule has 1 fully saturated rings. The smallest absolute Gasteiger partial charge is 0.341 e. The summed E-state index contributed by atoms with van der Waals surface area (Å²) in [5.74, 6) is 0.426. The summed E-state index contributed by atoms with van der Waals surface area (Å²) in [5.41, 5.74) is 2.52. The Hall–Kier alpha value is -3.90. The van der Waals surface area contributed by atoms with Gasteiger partial charge in [-0.05, 0) is 30.5 Å². The first-order valence-electron chi connectivity index (χ1n) is 12.3. The summed E-state index contributed by atoms with van der Waals surface area (Å²) in [4.78, 5) is 15.8. The van der Waals surface area contributed by atoms with Crippen LogP contribution in [0.15, 0.2) is 89.3 Å². The van der Waals surface area contributed by atoms with E-state index in [0.717, 1.165) is 41.6 Å². The third-order valence-electron chi connectivity index (χ3n) is 6.80. The summed E-state index contributed by atoms with van der Waals surface area (Å²) in [7, 11) is 0. The third kappa shape index (κ3) is 5.19. The van der Waals surface area contributed by atoms with Crippen molar-refractivity contribution < 1.29 is 24.2 Å². The SMILES string of the molecule is O=C(O)COc1cccc(C[C@]2(O)CCCC[C@@H]2c2nc(-c3ccccc3)c(-c3ccccc3)o2)c1. The number of ether oxygens (including phenoxy) is 1. The molecule has 3 aromatic carbocycles. The van der Waals surface area contributed by atoms with Crippen molar-refractivity contribution in [3.63, 3.8) is 0 Å². The number of carbonyl (C=O) groups is 1. The predicted octanol–water partition coefficient (Wildman–Crippen LogP) is 6.10. The van der Waals surface area contributed by atoms with Gasteiger partial charge in [-0.2, -0.15) is 0 Å². The van der Waals surface area contributed by atoms with Gasteiger partial charge < -0.3 is 19.4 Å². The Bertz CT molecular complexity index is 1260. The van der Waals surface area contributed by atoms with Gasteiger partial charge in [-0.15, -0.1) is 0 Å². The van der Waals surface area contributed by atoms with E-state index < -0.39 is 18.2 Å². The molecule has 1 saturated carbocycles. The molecule has 0 amide bonds. The van der Waals surface area contributed by atoms with Crippen LogP contribution in [0.4, 0.5) is 0 Å². The molecule has 5 rings (SSSR count). The Morgan fingerprint density at radius 1 is 0.972 bits per heavy atom. The monoisotopic (exact) mass is 483 g/mol. The molecule has 36 heavy (non-hydrogen) atoms. The van der Waals surface area contributed by atoms with E-state index in [4.69, 9.17) is 19.2 Å². The number of carboxylic acids is 1. The lowest BCUT2D eigenvalue weighted by Gasteiger charge is -2.38. The summed E-state index contributed by atoms with van der Waals surface area (Å²) in [5, 5.41) is 20.9. The normalized spacial score (nSPS) is 19.6. The van der Waals surface area contributed by atoms with Gasteiger partial charge in [0.15, 0.2) is 12.4 Å². The molecule has 2 N–H and O–H groups in total. The minimum atomic E-state index is -1.05. The van der Waals surface area contributed by atoms with Crippen LogP contribution in [0.25, 0.3) is 22.6 Å². The van der Waals surface area contributed by atoms with E-state index in [1.54, 1.807) is 12.1 Å². The Balaban J connectivity index is 1.49. The van der Waals surface area contributed by atoms with Gasteiger partial charge in [-0.3, -0.25) is 0 Å². The van der Waals surface area contributed by atoms with Crippen LogP contribution in [-0.4, -0.2) is 33.4 Å². The van der Waals surface area contributed by atoms with Gasteiger partial charge in [0.2, 0.25) is 5.89 Å². The zero-order valence-corrected chi connectivity index (χ0v) is 20.0. The minimum Gasteiger partial charge on any atom is -0.482 e. The van der Waals surface area contributed by atoms with E-state index in [-0.39, 0.29) is 5.92 Å². The van der Waals surface area contributed by atoms with Crippen molar-refractivity contribution in [2.45, 2.75) is 43.6 Å². The van der Waals surface area contributed by atoms with Crippen LogP contribution in [0.3, 0.4) is 0 Å². The molecule has 0 spiro atoms. The number of aromatic nitrogens is 1. The number of carboxylic acid groups (broad SMARTS) is 1. The first-order valence-corrected chi connectivity index (χ1v) is 12.3. The van der Waals surface area contributed by atoms with Crippen molar-refractivity contribution in [3.05, 3.63) is 96.4 Å². The van der Waals surface area contributed by atoms with E-state index >= 15 is 0 Å². The fraction of sp³-hybridized carbons (Fsp3) is 0.267. The highest BCUT2D eigenvalue weighted by atomic mass is 16.5. The van der Waals surface area contributed by atoms with Crippen LogP contribution in [-0.2, 0) is 11.2 Å². The lowest BCUT2D eigenvalue weighted by molar-refractivity contribution is -0.139. The van der Waals surface area contributed by atoms with Gasteiger partial charge in [0.25, 0.3) is 0 Å². The molecule has 1 aliphatic rings. The van der Waals surface area contributed by atoms with Crippen molar-refractivity contribution >= 4 is 5.97 Å².